The number of hydrogen-bond acceptors (Lipinski definition) is 5. The minimum atomic E-state index is -0.0645. The zero-order chi connectivity index (χ0) is 17.3. The molecule has 0 saturated heterocycles. The van der Waals surface area contributed by atoms with E-state index in [1.54, 1.807) is 24.1 Å². The molecule has 0 radical (unpaired) electrons. The van der Waals surface area contributed by atoms with Crippen molar-refractivity contribution in [3.05, 3.63) is 68.6 Å². The molecule has 24 heavy (non-hydrogen) atoms. The van der Waals surface area contributed by atoms with Crippen LogP contribution in [0.5, 0.6) is 0 Å². The molecule has 0 aliphatic carbocycles. The second kappa shape index (κ2) is 6.86. The maximum Gasteiger partial charge on any atom is 0.272 e. The molecule has 1 aliphatic heterocycles. The zero-order valence-corrected chi connectivity index (χ0v) is 15.7. The van der Waals surface area contributed by atoms with E-state index in [1.165, 1.54) is 11.8 Å². The Kier molecular flexibility index (Phi) is 4.82. The van der Waals surface area contributed by atoms with Gasteiger partial charge in [0.2, 0.25) is 0 Å². The highest BCUT2D eigenvalue weighted by Crippen LogP contribution is 2.38. The Labute approximate surface area is 152 Å². The molecular formula is C17H17BrN4OS. The summed E-state index contributed by atoms with van der Waals surface area (Å²) in [5, 5.41) is 2.93. The maximum absolute atomic E-state index is 12.8. The Balaban J connectivity index is 2.09. The van der Waals surface area contributed by atoms with Crippen molar-refractivity contribution in [3.8, 4) is 5.69 Å². The van der Waals surface area contributed by atoms with Crippen LogP contribution in [0.4, 0.5) is 0 Å². The van der Waals surface area contributed by atoms with Gasteiger partial charge in [0, 0.05) is 24.6 Å². The fourth-order valence-electron chi connectivity index (χ4n) is 2.44. The quantitative estimate of drug-likeness (QED) is 0.822. The normalized spacial score (nSPS) is 16.0. The molecule has 0 spiro atoms. The third-order valence-corrected chi connectivity index (χ3v) is 5.49. The molecule has 0 saturated carbocycles. The van der Waals surface area contributed by atoms with Gasteiger partial charge in [-0.15, -0.1) is 11.8 Å². The molecule has 2 heterocycles. The number of rotatable bonds is 3. The molecule has 124 valence electrons. The number of hydrogen-bond donors (Lipinski definition) is 2. The van der Waals surface area contributed by atoms with Crippen LogP contribution < -0.4 is 16.6 Å². The SMILES string of the molecule is CN/C=C(Br)\C(N)=C1/CSc2c1ncn(-c1ccc(C)cc1)c2=O. The van der Waals surface area contributed by atoms with Crippen LogP contribution in [0.1, 0.15) is 11.3 Å². The molecule has 1 aromatic heterocycles. The highest BCUT2D eigenvalue weighted by molar-refractivity contribution is 9.12. The number of nitrogens with two attached hydrogens (primary N) is 1. The Hall–Kier alpha value is -1.99. The van der Waals surface area contributed by atoms with Crippen molar-refractivity contribution in [1.29, 1.82) is 0 Å². The van der Waals surface area contributed by atoms with Crippen LogP contribution in [0, 0.1) is 6.92 Å². The van der Waals surface area contributed by atoms with Gasteiger partial charge >= 0.3 is 0 Å². The summed E-state index contributed by atoms with van der Waals surface area (Å²) < 4.78 is 2.32. The van der Waals surface area contributed by atoms with E-state index in [4.69, 9.17) is 5.73 Å². The minimum Gasteiger partial charge on any atom is -0.397 e. The van der Waals surface area contributed by atoms with Crippen LogP contribution in [0.15, 0.2) is 56.7 Å². The van der Waals surface area contributed by atoms with Crippen LogP contribution in [-0.2, 0) is 0 Å². The second-order valence-corrected chi connectivity index (χ2v) is 7.23. The van der Waals surface area contributed by atoms with Gasteiger partial charge in [-0.25, -0.2) is 4.98 Å². The predicted octanol–water partition coefficient (Wildman–Crippen LogP) is 2.77. The lowest BCUT2D eigenvalue weighted by Gasteiger charge is -2.09. The molecule has 0 atom stereocenters. The van der Waals surface area contributed by atoms with E-state index in [2.05, 4.69) is 26.2 Å². The van der Waals surface area contributed by atoms with Crippen LogP contribution in [0.3, 0.4) is 0 Å². The average Bonchev–Trinajstić information content (AvgIpc) is 3.00. The first-order chi connectivity index (χ1) is 11.5. The molecule has 0 amide bonds. The number of benzene rings is 1. The van der Waals surface area contributed by atoms with Gasteiger partial charge in [0.25, 0.3) is 5.56 Å². The summed E-state index contributed by atoms with van der Waals surface area (Å²) >= 11 is 4.91. The first-order valence-corrected chi connectivity index (χ1v) is 9.14. The van der Waals surface area contributed by atoms with Gasteiger partial charge in [-0.2, -0.15) is 0 Å². The third kappa shape index (κ3) is 3.01. The number of thioether (sulfide) groups is 1. The first kappa shape index (κ1) is 16.9. The van der Waals surface area contributed by atoms with E-state index in [0.717, 1.165) is 21.3 Å². The third-order valence-electron chi connectivity index (χ3n) is 3.74. The van der Waals surface area contributed by atoms with Gasteiger partial charge in [0.05, 0.1) is 26.5 Å². The summed E-state index contributed by atoms with van der Waals surface area (Å²) in [6.07, 6.45) is 3.33. The van der Waals surface area contributed by atoms with Crippen molar-refractivity contribution < 1.29 is 0 Å². The summed E-state index contributed by atoms with van der Waals surface area (Å²) in [6.45, 7) is 2.01. The highest BCUT2D eigenvalue weighted by atomic mass is 79.9. The minimum absolute atomic E-state index is 0.0645. The Morgan fingerprint density at radius 3 is 2.79 bits per heavy atom. The molecule has 0 fully saturated rings. The maximum atomic E-state index is 12.8. The lowest BCUT2D eigenvalue weighted by atomic mass is 10.1. The smallest absolute Gasteiger partial charge is 0.272 e. The fourth-order valence-corrected chi connectivity index (χ4v) is 4.02. The number of allylic oxidation sites excluding steroid dienone is 1. The zero-order valence-electron chi connectivity index (χ0n) is 13.3. The molecule has 3 rings (SSSR count). The number of aryl methyl sites for hydroxylation is 1. The summed E-state index contributed by atoms with van der Waals surface area (Å²) in [5.74, 6) is 0.633. The molecule has 2 aromatic rings. The number of halogens is 1. The van der Waals surface area contributed by atoms with Crippen molar-refractivity contribution in [3.63, 3.8) is 0 Å². The highest BCUT2D eigenvalue weighted by Gasteiger charge is 2.26. The van der Waals surface area contributed by atoms with Gasteiger partial charge in [-0.05, 0) is 35.0 Å². The lowest BCUT2D eigenvalue weighted by molar-refractivity contribution is 0.884. The molecule has 0 unspecified atom stereocenters. The summed E-state index contributed by atoms with van der Waals surface area (Å²) in [6, 6.07) is 7.79. The molecular weight excluding hydrogens is 388 g/mol. The van der Waals surface area contributed by atoms with Gasteiger partial charge < -0.3 is 11.1 Å². The Morgan fingerprint density at radius 1 is 1.42 bits per heavy atom. The number of aromatic nitrogens is 2. The van der Waals surface area contributed by atoms with Crippen molar-refractivity contribution in [2.45, 2.75) is 11.8 Å². The van der Waals surface area contributed by atoms with Crippen LogP contribution in [0.25, 0.3) is 11.3 Å². The molecule has 0 bridgehead atoms. The van der Waals surface area contributed by atoms with Crippen LogP contribution in [-0.4, -0.2) is 22.4 Å². The van der Waals surface area contributed by atoms with E-state index in [9.17, 15) is 4.79 Å². The Bertz CT molecular complexity index is 900. The second-order valence-electron chi connectivity index (χ2n) is 5.39. The van der Waals surface area contributed by atoms with E-state index in [1.807, 2.05) is 31.2 Å². The van der Waals surface area contributed by atoms with Crippen molar-refractivity contribution in [1.82, 2.24) is 14.9 Å². The number of nitrogens with zero attached hydrogens (tertiary/aromatic N) is 2. The monoisotopic (exact) mass is 404 g/mol. The van der Waals surface area contributed by atoms with Gasteiger partial charge in [-0.3, -0.25) is 9.36 Å². The van der Waals surface area contributed by atoms with Crippen LogP contribution >= 0.6 is 27.7 Å². The van der Waals surface area contributed by atoms with Crippen molar-refractivity contribution in [2.24, 2.45) is 5.73 Å². The summed E-state index contributed by atoms with van der Waals surface area (Å²) in [7, 11) is 1.80. The molecule has 5 nitrogen and oxygen atoms in total. The van der Waals surface area contributed by atoms with Crippen molar-refractivity contribution >= 4 is 33.3 Å². The number of nitrogens with one attached hydrogen (secondary N) is 1. The topological polar surface area (TPSA) is 72.9 Å². The van der Waals surface area contributed by atoms with Gasteiger partial charge in [0.15, 0.2) is 0 Å². The van der Waals surface area contributed by atoms with Crippen LogP contribution in [0.2, 0.25) is 0 Å². The molecule has 1 aliphatic rings. The van der Waals surface area contributed by atoms with E-state index >= 15 is 0 Å². The Morgan fingerprint density at radius 2 is 2.12 bits per heavy atom. The number of fused-ring (bicyclic) bond motifs is 1. The summed E-state index contributed by atoms with van der Waals surface area (Å²) in [5.41, 5.74) is 10.2. The predicted molar refractivity (Wildman–Crippen MR) is 102 cm³/mol. The molecule has 3 N–H and O–H groups in total. The molecule has 7 heteroatoms. The first-order valence-electron chi connectivity index (χ1n) is 7.36. The van der Waals surface area contributed by atoms with E-state index in [-0.39, 0.29) is 5.56 Å². The largest absolute Gasteiger partial charge is 0.397 e. The molecule has 1 aromatic carbocycles. The van der Waals surface area contributed by atoms with Crippen molar-refractivity contribution in [2.75, 3.05) is 12.8 Å². The fraction of sp³-hybridized carbons (Fsp3) is 0.176. The van der Waals surface area contributed by atoms with Gasteiger partial charge in [0.1, 0.15) is 6.33 Å². The van der Waals surface area contributed by atoms with E-state index in [0.29, 0.717) is 22.0 Å². The lowest BCUT2D eigenvalue weighted by Crippen LogP contribution is -2.21. The standard InChI is InChI=1S/C17H17BrN4OS/c1-10-3-5-11(6-4-10)22-9-21-15-12(8-24-16(15)17(22)23)14(19)13(18)7-20-2/h3-7,9,20H,8,19H2,1-2H3/b13-7+,14-12-. The summed E-state index contributed by atoms with van der Waals surface area (Å²) in [4.78, 5) is 17.9. The van der Waals surface area contributed by atoms with E-state index < -0.39 is 0 Å². The van der Waals surface area contributed by atoms with Gasteiger partial charge in [-0.1, -0.05) is 17.7 Å². The average molecular weight is 405 g/mol.